The van der Waals surface area contributed by atoms with Crippen molar-refractivity contribution in [1.29, 1.82) is 0 Å². The molecule has 7 nitrogen and oxygen atoms in total. The van der Waals surface area contributed by atoms with E-state index in [0.29, 0.717) is 17.2 Å². The highest BCUT2D eigenvalue weighted by Gasteiger charge is 2.12. The first-order valence-electron chi connectivity index (χ1n) is 6.79. The average molecular weight is 350 g/mol. The second kappa shape index (κ2) is 7.18. The van der Waals surface area contributed by atoms with E-state index in [-0.39, 0.29) is 10.6 Å². The number of nitrogens with zero attached hydrogens (tertiary/aromatic N) is 2. The maximum atomic E-state index is 12.1. The van der Waals surface area contributed by atoms with E-state index in [1.54, 1.807) is 12.1 Å². The summed E-state index contributed by atoms with van der Waals surface area (Å²) in [4.78, 5) is 14.3. The Labute approximate surface area is 143 Å². The van der Waals surface area contributed by atoms with Crippen molar-refractivity contribution in [2.75, 3.05) is 14.2 Å². The largest absolute Gasteiger partial charge is 0.867 e. The Morgan fingerprint density at radius 3 is 2.38 bits per heavy atom. The van der Waals surface area contributed by atoms with Gasteiger partial charge in [0.25, 0.3) is 5.69 Å². The number of aliphatic imine (C=N–C) groups is 1. The maximum Gasteiger partial charge on any atom is 0.263 e. The number of ether oxygens (including phenoxy) is 2. The van der Waals surface area contributed by atoms with Crippen molar-refractivity contribution >= 4 is 29.2 Å². The number of benzene rings is 2. The maximum absolute atomic E-state index is 12.1. The highest BCUT2D eigenvalue weighted by atomic mass is 35.5. The van der Waals surface area contributed by atoms with Crippen LogP contribution >= 0.6 is 11.6 Å². The van der Waals surface area contributed by atoms with Crippen molar-refractivity contribution in [2.45, 2.75) is 6.92 Å². The molecule has 126 valence electrons. The van der Waals surface area contributed by atoms with E-state index in [2.05, 4.69) is 4.99 Å². The number of hydrogen-bond donors (Lipinski definition) is 0. The van der Waals surface area contributed by atoms with Crippen LogP contribution in [0.5, 0.6) is 17.2 Å². The van der Waals surface area contributed by atoms with E-state index >= 15 is 0 Å². The van der Waals surface area contributed by atoms with Gasteiger partial charge in [0.1, 0.15) is 0 Å². The van der Waals surface area contributed by atoms with Gasteiger partial charge in [-0.25, -0.2) is 0 Å². The van der Waals surface area contributed by atoms with Crippen molar-refractivity contribution in [3.8, 4) is 17.2 Å². The van der Waals surface area contributed by atoms with Gasteiger partial charge in [-0.15, -0.1) is 0 Å². The molecule has 0 bridgehead atoms. The monoisotopic (exact) mass is 349 g/mol. The summed E-state index contributed by atoms with van der Waals surface area (Å²) in [6.45, 7) is 1.81. The molecule has 0 amide bonds. The highest BCUT2D eigenvalue weighted by Crippen LogP contribution is 2.35. The standard InChI is InChI=1S/C16H15ClN2O5/c1-9-4-14(23-2)15(24-3)7-12(9)18-8-10-5-11(17)6-13(16(10)20)19(21)22/h4-8,20H,1-3H3/p-1. The molecule has 0 N–H and O–H groups in total. The molecule has 0 atom stereocenters. The molecule has 0 aliphatic heterocycles. The number of halogens is 1. The summed E-state index contributed by atoms with van der Waals surface area (Å²) in [5.74, 6) is 0.290. The van der Waals surface area contributed by atoms with Crippen LogP contribution < -0.4 is 14.6 Å². The molecule has 0 aromatic heterocycles. The van der Waals surface area contributed by atoms with Crippen molar-refractivity contribution in [3.05, 3.63) is 50.5 Å². The van der Waals surface area contributed by atoms with Gasteiger partial charge in [-0.1, -0.05) is 11.6 Å². The Morgan fingerprint density at radius 2 is 1.79 bits per heavy atom. The molecule has 0 fully saturated rings. The van der Waals surface area contributed by atoms with Crippen molar-refractivity contribution in [2.24, 2.45) is 4.99 Å². The molecule has 0 unspecified atom stereocenters. The minimum atomic E-state index is -0.771. The molecule has 2 aromatic rings. The van der Waals surface area contributed by atoms with E-state index in [1.165, 1.54) is 26.5 Å². The van der Waals surface area contributed by atoms with Gasteiger partial charge in [0.2, 0.25) is 0 Å². The fourth-order valence-corrected chi connectivity index (χ4v) is 2.30. The van der Waals surface area contributed by atoms with Crippen LogP contribution in [0.15, 0.2) is 29.3 Å². The lowest BCUT2D eigenvalue weighted by atomic mass is 10.1. The number of nitro benzene ring substituents is 1. The van der Waals surface area contributed by atoms with Gasteiger partial charge in [-0.05, 0) is 35.9 Å². The molecule has 8 heteroatoms. The van der Waals surface area contributed by atoms with E-state index in [0.717, 1.165) is 11.6 Å². The minimum absolute atomic E-state index is 0.0309. The van der Waals surface area contributed by atoms with E-state index in [9.17, 15) is 15.2 Å². The number of rotatable bonds is 5. The molecule has 2 aromatic carbocycles. The molecule has 0 spiro atoms. The Hall–Kier alpha value is -2.80. The highest BCUT2D eigenvalue weighted by molar-refractivity contribution is 6.31. The summed E-state index contributed by atoms with van der Waals surface area (Å²) in [5, 5.41) is 23.0. The van der Waals surface area contributed by atoms with Gasteiger partial charge < -0.3 is 14.6 Å². The summed E-state index contributed by atoms with van der Waals surface area (Å²) in [5.41, 5.74) is 0.763. The fourth-order valence-electron chi connectivity index (χ4n) is 2.08. The summed E-state index contributed by atoms with van der Waals surface area (Å²) in [6, 6.07) is 5.73. The van der Waals surface area contributed by atoms with Crippen LogP contribution in [0, 0.1) is 17.0 Å². The quantitative estimate of drug-likeness (QED) is 0.468. The first-order valence-corrected chi connectivity index (χ1v) is 7.16. The normalized spacial score (nSPS) is 10.8. The van der Waals surface area contributed by atoms with Gasteiger partial charge in [0.05, 0.1) is 24.8 Å². The molecular formula is C16H14ClN2O5-. The Bertz CT molecular complexity index is 821. The summed E-state index contributed by atoms with van der Waals surface area (Å²) in [7, 11) is 3.02. The zero-order valence-corrected chi connectivity index (χ0v) is 14.0. The Morgan fingerprint density at radius 1 is 1.17 bits per heavy atom. The van der Waals surface area contributed by atoms with Crippen molar-refractivity contribution in [1.82, 2.24) is 0 Å². The van der Waals surface area contributed by atoms with E-state index in [1.807, 2.05) is 6.92 Å². The van der Waals surface area contributed by atoms with Crippen molar-refractivity contribution in [3.63, 3.8) is 0 Å². The summed E-state index contributed by atoms with van der Waals surface area (Å²) >= 11 is 5.82. The number of hydrogen-bond acceptors (Lipinski definition) is 6. The van der Waals surface area contributed by atoms with Gasteiger partial charge in [-0.3, -0.25) is 15.1 Å². The zero-order chi connectivity index (χ0) is 17.9. The SMILES string of the molecule is COc1cc(C)c(N=Cc2cc(Cl)cc([N+](=O)[O-])c2[O-])cc1OC. The third kappa shape index (κ3) is 3.57. The molecule has 0 saturated carbocycles. The van der Waals surface area contributed by atoms with Crippen LogP contribution in [0.25, 0.3) is 0 Å². The van der Waals surface area contributed by atoms with Crippen LogP contribution in [0.3, 0.4) is 0 Å². The molecule has 0 aliphatic rings. The fraction of sp³-hybridized carbons (Fsp3) is 0.188. The third-order valence-corrected chi connectivity index (χ3v) is 3.52. The topological polar surface area (TPSA) is 97.0 Å². The van der Waals surface area contributed by atoms with Crippen LogP contribution in [0.2, 0.25) is 5.02 Å². The van der Waals surface area contributed by atoms with Crippen molar-refractivity contribution < 1.29 is 19.5 Å². The molecule has 0 radical (unpaired) electrons. The Kier molecular flexibility index (Phi) is 5.25. The van der Waals surface area contributed by atoms with Crippen LogP contribution in [0.1, 0.15) is 11.1 Å². The van der Waals surface area contributed by atoms with Crippen LogP contribution in [0.4, 0.5) is 11.4 Å². The van der Waals surface area contributed by atoms with E-state index in [4.69, 9.17) is 21.1 Å². The van der Waals surface area contributed by atoms with Gasteiger partial charge in [0.15, 0.2) is 11.5 Å². The lowest BCUT2D eigenvalue weighted by Crippen LogP contribution is -2.02. The molecule has 0 aliphatic carbocycles. The lowest BCUT2D eigenvalue weighted by molar-refractivity contribution is -0.398. The molecule has 0 saturated heterocycles. The van der Waals surface area contributed by atoms with Gasteiger partial charge in [0, 0.05) is 23.4 Å². The molecule has 0 heterocycles. The second-order valence-electron chi connectivity index (χ2n) is 4.85. The molecular weight excluding hydrogens is 336 g/mol. The lowest BCUT2D eigenvalue weighted by Gasteiger charge is -2.12. The number of aryl methyl sites for hydroxylation is 1. The summed E-state index contributed by atoms with van der Waals surface area (Å²) < 4.78 is 10.4. The number of methoxy groups -OCH3 is 2. The average Bonchev–Trinajstić information content (AvgIpc) is 2.55. The first kappa shape index (κ1) is 17.6. The Balaban J connectivity index is 2.47. The summed E-state index contributed by atoms with van der Waals surface area (Å²) in [6.07, 6.45) is 1.25. The zero-order valence-electron chi connectivity index (χ0n) is 13.2. The number of nitro groups is 1. The first-order chi connectivity index (χ1) is 11.4. The minimum Gasteiger partial charge on any atom is -0.867 e. The smallest absolute Gasteiger partial charge is 0.263 e. The van der Waals surface area contributed by atoms with Crippen LogP contribution in [-0.4, -0.2) is 25.4 Å². The van der Waals surface area contributed by atoms with Gasteiger partial charge in [-0.2, -0.15) is 0 Å². The predicted molar refractivity (Wildman–Crippen MR) is 89.1 cm³/mol. The van der Waals surface area contributed by atoms with Gasteiger partial charge >= 0.3 is 0 Å². The second-order valence-corrected chi connectivity index (χ2v) is 5.29. The van der Waals surface area contributed by atoms with Crippen LogP contribution in [-0.2, 0) is 0 Å². The third-order valence-electron chi connectivity index (χ3n) is 3.30. The van der Waals surface area contributed by atoms with E-state index < -0.39 is 16.4 Å². The molecule has 2 rings (SSSR count). The predicted octanol–water partition coefficient (Wildman–Crippen LogP) is 3.40. The molecule has 24 heavy (non-hydrogen) atoms.